The maximum Gasteiger partial charge on any atom is 0.0729 e. The van der Waals surface area contributed by atoms with E-state index >= 15 is 0 Å². The van der Waals surface area contributed by atoms with Crippen molar-refractivity contribution < 1.29 is 0 Å². The number of rotatable bonds is 7. The smallest absolute Gasteiger partial charge is 0.0729 e. The van der Waals surface area contributed by atoms with E-state index in [9.17, 15) is 0 Å². The van der Waals surface area contributed by atoms with Crippen LogP contribution >= 0.6 is 45.3 Å². The van der Waals surface area contributed by atoms with Gasteiger partial charge in [-0.2, -0.15) is 0 Å². The molecule has 0 fully saturated rings. The van der Waals surface area contributed by atoms with E-state index in [2.05, 4.69) is 251 Å². The molecule has 0 saturated carbocycles. The molecule has 0 aliphatic rings. The van der Waals surface area contributed by atoms with E-state index in [1.165, 1.54) is 147 Å². The first kappa shape index (κ1) is 46.5. The average Bonchev–Trinajstić information content (AvgIpc) is 2.80. The van der Waals surface area contributed by atoms with Crippen molar-refractivity contribution in [1.29, 1.82) is 0 Å². The van der Waals surface area contributed by atoms with Crippen LogP contribution in [-0.2, 0) is 17.3 Å². The molecule has 0 amide bonds. The molecule has 1 atom stereocenters. The monoisotopic (exact) mass is 1070 g/mol. The normalized spacial score (nSPS) is 13.3. The predicted octanol–water partition coefficient (Wildman–Crippen LogP) is 22.6. The summed E-state index contributed by atoms with van der Waals surface area (Å²) in [4.78, 5) is 2.53. The van der Waals surface area contributed by atoms with E-state index in [0.29, 0.717) is 0 Å². The van der Waals surface area contributed by atoms with E-state index in [4.69, 9.17) is 0 Å². The van der Waals surface area contributed by atoms with Crippen LogP contribution in [0.1, 0.15) is 75.3 Å². The summed E-state index contributed by atoms with van der Waals surface area (Å²) in [7, 11) is 0. The van der Waals surface area contributed by atoms with Crippen LogP contribution in [0.3, 0.4) is 0 Å². The van der Waals surface area contributed by atoms with Gasteiger partial charge in [-0.15, -0.1) is 45.3 Å². The molecule has 0 bridgehead atoms. The number of aromatic nitrogens is 1. The standard InChI is InChI=1S/C72H54N2S4/c1-71(2,3)46-24-21-42(22-25-46)56(44-23-31-52-50-13-7-10-16-59(50)75-62(52)38-44)36-41-19-20-43-37-57-63(39-45(43)35-41)78-69-55-33-34-58(65-66(55)74(68(57)69)67-54-15-9-12-18-61(54)77-70(65)67)73(48-28-26-47(27-29-48)72(4,5)6)49-30-32-53-51-14-8-11-17-60(51)76-64(53)40-49/h7-35,37-40,56H,36H2,1-6H3/t56-/m0/s1. The van der Waals surface area contributed by atoms with Crippen LogP contribution in [0, 0.1) is 0 Å². The summed E-state index contributed by atoms with van der Waals surface area (Å²) in [6, 6.07) is 77.0. The molecular weight excluding hydrogens is 1020 g/mol. The number of fused-ring (bicyclic) bond motifs is 17. The summed E-state index contributed by atoms with van der Waals surface area (Å²) in [5.41, 5.74) is 14.4. The Balaban J connectivity index is 0.866. The Hall–Kier alpha value is -7.58. The number of benzene rings is 10. The van der Waals surface area contributed by atoms with E-state index in [0.717, 1.165) is 12.1 Å². The lowest BCUT2D eigenvalue weighted by molar-refractivity contribution is 0.589. The molecule has 6 heteroatoms. The van der Waals surface area contributed by atoms with Crippen molar-refractivity contribution in [3.05, 3.63) is 228 Å². The van der Waals surface area contributed by atoms with E-state index < -0.39 is 0 Å². The number of thiophene rings is 4. The third kappa shape index (κ3) is 7.09. The first-order chi connectivity index (χ1) is 37.9. The van der Waals surface area contributed by atoms with Crippen LogP contribution in [0.25, 0.3) is 108 Å². The van der Waals surface area contributed by atoms with Crippen LogP contribution < -0.4 is 4.90 Å². The summed E-state index contributed by atoms with van der Waals surface area (Å²) < 4.78 is 13.3. The Bertz CT molecular complexity index is 5080. The van der Waals surface area contributed by atoms with Gasteiger partial charge in [-0.25, -0.2) is 0 Å². The Morgan fingerprint density at radius 1 is 0.385 bits per heavy atom. The lowest BCUT2D eigenvalue weighted by Crippen LogP contribution is -2.13. The zero-order chi connectivity index (χ0) is 52.3. The van der Waals surface area contributed by atoms with Crippen LogP contribution in [-0.4, -0.2) is 4.40 Å². The molecule has 78 heavy (non-hydrogen) atoms. The summed E-state index contributed by atoms with van der Waals surface area (Å²) in [5.74, 6) is 0.207. The molecule has 6 aromatic heterocycles. The van der Waals surface area contributed by atoms with Crippen molar-refractivity contribution in [1.82, 2.24) is 4.40 Å². The number of nitrogens with zero attached hydrogens (tertiary/aromatic N) is 2. The fourth-order valence-electron chi connectivity index (χ4n) is 12.8. The fourth-order valence-corrected chi connectivity index (χ4v) is 17.6. The highest BCUT2D eigenvalue weighted by atomic mass is 32.1. The van der Waals surface area contributed by atoms with Gasteiger partial charge in [0.25, 0.3) is 0 Å². The summed E-state index contributed by atoms with van der Waals surface area (Å²) in [6.45, 7) is 13.8. The molecule has 0 N–H and O–H groups in total. The highest BCUT2D eigenvalue weighted by Crippen LogP contribution is 2.54. The lowest BCUT2D eigenvalue weighted by Gasteiger charge is -2.28. The minimum absolute atomic E-state index is 0.0419. The predicted molar refractivity (Wildman–Crippen MR) is 346 cm³/mol. The second kappa shape index (κ2) is 17.0. The Morgan fingerprint density at radius 3 is 1.62 bits per heavy atom. The molecule has 0 unspecified atom stereocenters. The lowest BCUT2D eigenvalue weighted by atomic mass is 9.82. The molecule has 376 valence electrons. The molecular formula is C72H54N2S4. The zero-order valence-electron chi connectivity index (χ0n) is 44.4. The van der Waals surface area contributed by atoms with Crippen molar-refractivity contribution in [3.63, 3.8) is 0 Å². The Kier molecular flexibility index (Phi) is 10.1. The molecule has 0 radical (unpaired) electrons. The van der Waals surface area contributed by atoms with Crippen molar-refractivity contribution in [3.8, 4) is 0 Å². The molecule has 0 aliphatic carbocycles. The molecule has 16 aromatic rings. The SMILES string of the molecule is CC(C)(C)c1ccc([C@H](Cc2ccc3cc4c(cc3c2)sc2c3ccc(N(c5ccc(C(C)(C)C)cc5)c5ccc6c(c5)sc5ccccc56)c5c6sc7ccccc7c6n(c42)c35)c2ccc3c(c2)sc2ccccc23)cc1. The van der Waals surface area contributed by atoms with Crippen LogP contribution in [0.5, 0.6) is 0 Å². The second-order valence-corrected chi connectivity index (χ2v) is 27.9. The highest BCUT2D eigenvalue weighted by Gasteiger charge is 2.29. The summed E-state index contributed by atoms with van der Waals surface area (Å²) in [6.07, 6.45) is 0.913. The maximum atomic E-state index is 2.66. The topological polar surface area (TPSA) is 7.65 Å². The van der Waals surface area contributed by atoms with Gasteiger partial charge in [-0.3, -0.25) is 0 Å². The molecule has 6 heterocycles. The van der Waals surface area contributed by atoms with Gasteiger partial charge in [0.2, 0.25) is 0 Å². The highest BCUT2D eigenvalue weighted by molar-refractivity contribution is 7.28. The van der Waals surface area contributed by atoms with E-state index in [1.54, 1.807) is 0 Å². The van der Waals surface area contributed by atoms with Gasteiger partial charge < -0.3 is 9.30 Å². The van der Waals surface area contributed by atoms with Gasteiger partial charge in [-0.05, 0) is 129 Å². The van der Waals surface area contributed by atoms with Gasteiger partial charge in [0, 0.05) is 88.6 Å². The molecule has 16 rings (SSSR count). The fraction of sp³-hybridized carbons (Fsp3) is 0.139. The van der Waals surface area contributed by atoms with Crippen LogP contribution in [0.15, 0.2) is 200 Å². The molecule has 0 spiro atoms. The molecule has 10 aromatic carbocycles. The van der Waals surface area contributed by atoms with Gasteiger partial charge in [0.15, 0.2) is 0 Å². The second-order valence-electron chi connectivity index (χ2n) is 23.7. The quantitative estimate of drug-likeness (QED) is 0.154. The zero-order valence-corrected chi connectivity index (χ0v) is 47.6. The first-order valence-corrected chi connectivity index (χ1v) is 30.5. The molecule has 0 saturated heterocycles. The van der Waals surface area contributed by atoms with E-state index in [1.807, 2.05) is 45.3 Å². The largest absolute Gasteiger partial charge is 0.310 e. The van der Waals surface area contributed by atoms with Gasteiger partial charge in [-0.1, -0.05) is 169 Å². The van der Waals surface area contributed by atoms with Gasteiger partial charge in [0.05, 0.1) is 31.6 Å². The number of anilines is 3. The minimum atomic E-state index is 0.0419. The van der Waals surface area contributed by atoms with Crippen molar-refractivity contribution in [2.45, 2.75) is 64.7 Å². The summed E-state index contributed by atoms with van der Waals surface area (Å²) >= 11 is 7.69. The third-order valence-electron chi connectivity index (χ3n) is 16.8. The van der Waals surface area contributed by atoms with Crippen molar-refractivity contribution in [2.24, 2.45) is 0 Å². The summed E-state index contributed by atoms with van der Waals surface area (Å²) in [5, 5.41) is 13.2. The first-order valence-electron chi connectivity index (χ1n) is 27.2. The molecule has 2 nitrogen and oxygen atoms in total. The Labute approximate surface area is 469 Å². The van der Waals surface area contributed by atoms with Gasteiger partial charge >= 0.3 is 0 Å². The van der Waals surface area contributed by atoms with Crippen molar-refractivity contribution in [2.75, 3.05) is 4.90 Å². The number of hydrogen-bond acceptors (Lipinski definition) is 5. The number of hydrogen-bond donors (Lipinski definition) is 0. The maximum absolute atomic E-state index is 2.66. The van der Waals surface area contributed by atoms with Crippen molar-refractivity contribution >= 4 is 170 Å². The minimum Gasteiger partial charge on any atom is -0.310 e. The van der Waals surface area contributed by atoms with Crippen LogP contribution in [0.4, 0.5) is 17.1 Å². The third-order valence-corrected chi connectivity index (χ3v) is 21.4. The van der Waals surface area contributed by atoms with Gasteiger partial charge in [0.1, 0.15) is 0 Å². The Morgan fingerprint density at radius 2 is 0.923 bits per heavy atom. The average molecular weight is 1080 g/mol. The molecule has 0 aliphatic heterocycles. The van der Waals surface area contributed by atoms with E-state index in [-0.39, 0.29) is 16.7 Å². The van der Waals surface area contributed by atoms with Crippen LogP contribution in [0.2, 0.25) is 0 Å².